The van der Waals surface area contributed by atoms with Gasteiger partial charge in [0.2, 0.25) is 0 Å². The van der Waals surface area contributed by atoms with Gasteiger partial charge in [0.15, 0.2) is 5.76 Å². The average molecular weight is 265 g/mol. The standard InChI is InChI=1S/C18H19NO/c1-12-5-7-13(8-6-12)17-15-11-14(18(2,3)4)9-10-16(15)19-20-17/h5-11H,1-4H3. The molecule has 0 N–H and O–H groups in total. The van der Waals surface area contributed by atoms with Crippen LogP contribution in [0.3, 0.4) is 0 Å². The number of rotatable bonds is 1. The van der Waals surface area contributed by atoms with Crippen LogP contribution in [-0.2, 0) is 5.41 Å². The highest BCUT2D eigenvalue weighted by Crippen LogP contribution is 2.32. The Labute approximate surface area is 119 Å². The largest absolute Gasteiger partial charge is 0.355 e. The first-order chi connectivity index (χ1) is 9.45. The topological polar surface area (TPSA) is 26.0 Å². The van der Waals surface area contributed by atoms with Crippen LogP contribution in [0.2, 0.25) is 0 Å². The molecule has 0 radical (unpaired) electrons. The summed E-state index contributed by atoms with van der Waals surface area (Å²) in [7, 11) is 0. The number of fused-ring (bicyclic) bond motifs is 1. The molecule has 20 heavy (non-hydrogen) atoms. The molecule has 0 fully saturated rings. The van der Waals surface area contributed by atoms with Crippen LogP contribution in [-0.4, -0.2) is 5.16 Å². The summed E-state index contributed by atoms with van der Waals surface area (Å²) in [4.78, 5) is 0. The zero-order chi connectivity index (χ0) is 14.3. The zero-order valence-corrected chi connectivity index (χ0v) is 12.4. The van der Waals surface area contributed by atoms with E-state index in [4.69, 9.17) is 4.52 Å². The third kappa shape index (κ3) is 2.22. The highest BCUT2D eigenvalue weighted by Gasteiger charge is 2.17. The molecule has 0 aliphatic heterocycles. The SMILES string of the molecule is Cc1ccc(-c2onc3ccc(C(C)(C)C)cc23)cc1. The Bertz CT molecular complexity index is 745. The molecule has 2 nitrogen and oxygen atoms in total. The Morgan fingerprint density at radius 3 is 2.30 bits per heavy atom. The number of aryl methyl sites for hydroxylation is 1. The number of nitrogens with zero attached hydrogens (tertiary/aromatic N) is 1. The van der Waals surface area contributed by atoms with Crippen LogP contribution in [0.25, 0.3) is 22.2 Å². The molecule has 2 aromatic carbocycles. The second kappa shape index (κ2) is 4.48. The minimum Gasteiger partial charge on any atom is -0.355 e. The molecule has 3 aromatic rings. The van der Waals surface area contributed by atoms with Crippen molar-refractivity contribution in [3.8, 4) is 11.3 Å². The fraction of sp³-hybridized carbons (Fsp3) is 0.278. The third-order valence-electron chi connectivity index (χ3n) is 3.66. The van der Waals surface area contributed by atoms with Crippen molar-refractivity contribution in [1.82, 2.24) is 5.16 Å². The molecule has 0 aliphatic rings. The molecule has 0 amide bonds. The molecule has 2 heteroatoms. The molecule has 0 saturated heterocycles. The van der Waals surface area contributed by atoms with Crippen LogP contribution in [0.15, 0.2) is 47.0 Å². The summed E-state index contributed by atoms with van der Waals surface area (Å²) in [5, 5.41) is 5.25. The van der Waals surface area contributed by atoms with E-state index in [1.165, 1.54) is 11.1 Å². The number of benzene rings is 2. The van der Waals surface area contributed by atoms with Crippen molar-refractivity contribution in [2.45, 2.75) is 33.1 Å². The van der Waals surface area contributed by atoms with E-state index >= 15 is 0 Å². The van der Waals surface area contributed by atoms with Crippen LogP contribution >= 0.6 is 0 Å². The van der Waals surface area contributed by atoms with Crippen LogP contribution in [0, 0.1) is 6.92 Å². The Morgan fingerprint density at radius 2 is 1.65 bits per heavy atom. The maximum atomic E-state index is 5.56. The normalized spacial score (nSPS) is 12.0. The Hall–Kier alpha value is -2.09. The summed E-state index contributed by atoms with van der Waals surface area (Å²) in [5.41, 5.74) is 4.64. The van der Waals surface area contributed by atoms with Crippen LogP contribution < -0.4 is 0 Å². The lowest BCUT2D eigenvalue weighted by Gasteiger charge is -2.18. The molecule has 0 spiro atoms. The van der Waals surface area contributed by atoms with E-state index in [2.05, 4.69) is 69.2 Å². The second-order valence-electron chi connectivity index (χ2n) is 6.36. The van der Waals surface area contributed by atoms with Gasteiger partial charge >= 0.3 is 0 Å². The maximum Gasteiger partial charge on any atom is 0.174 e. The number of hydrogen-bond donors (Lipinski definition) is 0. The monoisotopic (exact) mass is 265 g/mol. The van der Waals surface area contributed by atoms with Gasteiger partial charge in [-0.3, -0.25) is 0 Å². The van der Waals surface area contributed by atoms with Gasteiger partial charge in [0.05, 0.1) is 0 Å². The van der Waals surface area contributed by atoms with Crippen LogP contribution in [0.1, 0.15) is 31.9 Å². The highest BCUT2D eigenvalue weighted by molar-refractivity contribution is 5.92. The van der Waals surface area contributed by atoms with E-state index in [1.807, 2.05) is 6.07 Å². The van der Waals surface area contributed by atoms with Gasteiger partial charge in [-0.2, -0.15) is 0 Å². The van der Waals surface area contributed by atoms with Crippen molar-refractivity contribution in [2.24, 2.45) is 0 Å². The molecule has 1 heterocycles. The molecule has 0 atom stereocenters. The Kier molecular flexibility index (Phi) is 2.89. The van der Waals surface area contributed by atoms with Gasteiger partial charge in [-0.25, -0.2) is 0 Å². The lowest BCUT2D eigenvalue weighted by atomic mass is 9.86. The predicted molar refractivity (Wildman–Crippen MR) is 82.9 cm³/mol. The minimum absolute atomic E-state index is 0.121. The van der Waals surface area contributed by atoms with Gasteiger partial charge in [-0.15, -0.1) is 0 Å². The van der Waals surface area contributed by atoms with Gasteiger partial charge in [0.1, 0.15) is 5.52 Å². The van der Waals surface area contributed by atoms with Gasteiger partial charge in [0, 0.05) is 10.9 Å². The summed E-state index contributed by atoms with van der Waals surface area (Å²) >= 11 is 0. The van der Waals surface area contributed by atoms with E-state index in [1.54, 1.807) is 0 Å². The lowest BCUT2D eigenvalue weighted by Crippen LogP contribution is -2.10. The molecular weight excluding hydrogens is 246 g/mol. The van der Waals surface area contributed by atoms with Crippen molar-refractivity contribution in [1.29, 1.82) is 0 Å². The average Bonchev–Trinajstić information content (AvgIpc) is 2.81. The fourth-order valence-corrected chi connectivity index (χ4v) is 2.32. The van der Waals surface area contributed by atoms with Crippen molar-refractivity contribution >= 4 is 10.9 Å². The van der Waals surface area contributed by atoms with Crippen molar-refractivity contribution < 1.29 is 4.52 Å². The molecule has 102 valence electrons. The van der Waals surface area contributed by atoms with E-state index in [0.717, 1.165) is 22.2 Å². The maximum absolute atomic E-state index is 5.56. The summed E-state index contributed by atoms with van der Waals surface area (Å²) in [6, 6.07) is 14.7. The molecular formula is C18H19NO. The molecule has 0 aliphatic carbocycles. The van der Waals surface area contributed by atoms with Crippen LogP contribution in [0.4, 0.5) is 0 Å². The van der Waals surface area contributed by atoms with E-state index < -0.39 is 0 Å². The number of hydrogen-bond acceptors (Lipinski definition) is 2. The lowest BCUT2D eigenvalue weighted by molar-refractivity contribution is 0.441. The molecule has 0 unspecified atom stereocenters. The van der Waals surface area contributed by atoms with Crippen molar-refractivity contribution in [3.63, 3.8) is 0 Å². The van der Waals surface area contributed by atoms with Gasteiger partial charge in [-0.1, -0.05) is 61.8 Å². The van der Waals surface area contributed by atoms with Gasteiger partial charge in [-0.05, 0) is 30.0 Å². The molecule has 3 rings (SSSR count). The zero-order valence-electron chi connectivity index (χ0n) is 12.4. The van der Waals surface area contributed by atoms with E-state index in [9.17, 15) is 0 Å². The fourth-order valence-electron chi connectivity index (χ4n) is 2.32. The van der Waals surface area contributed by atoms with Gasteiger partial charge < -0.3 is 4.52 Å². The summed E-state index contributed by atoms with van der Waals surface area (Å²) < 4.78 is 5.56. The molecule has 1 aromatic heterocycles. The van der Waals surface area contributed by atoms with E-state index in [-0.39, 0.29) is 5.41 Å². The molecule has 0 bridgehead atoms. The second-order valence-corrected chi connectivity index (χ2v) is 6.36. The summed E-state index contributed by atoms with van der Waals surface area (Å²) in [6.07, 6.45) is 0. The molecule has 0 saturated carbocycles. The smallest absolute Gasteiger partial charge is 0.174 e. The number of aromatic nitrogens is 1. The predicted octanol–water partition coefficient (Wildman–Crippen LogP) is 5.10. The third-order valence-corrected chi connectivity index (χ3v) is 3.66. The highest BCUT2D eigenvalue weighted by atomic mass is 16.5. The van der Waals surface area contributed by atoms with Crippen LogP contribution in [0.5, 0.6) is 0 Å². The first kappa shape index (κ1) is 12.9. The minimum atomic E-state index is 0.121. The first-order valence-corrected chi connectivity index (χ1v) is 6.92. The van der Waals surface area contributed by atoms with Crippen molar-refractivity contribution in [3.05, 3.63) is 53.6 Å². The Balaban J connectivity index is 2.19. The summed E-state index contributed by atoms with van der Waals surface area (Å²) in [6.45, 7) is 8.73. The Morgan fingerprint density at radius 1 is 0.950 bits per heavy atom. The first-order valence-electron chi connectivity index (χ1n) is 6.92. The van der Waals surface area contributed by atoms with Gasteiger partial charge in [0.25, 0.3) is 0 Å². The van der Waals surface area contributed by atoms with Crippen molar-refractivity contribution in [2.75, 3.05) is 0 Å². The summed E-state index contributed by atoms with van der Waals surface area (Å²) in [5.74, 6) is 0.853. The quantitative estimate of drug-likeness (QED) is 0.611. The van der Waals surface area contributed by atoms with E-state index in [0.29, 0.717) is 0 Å².